The number of likely N-dealkylation sites (N-methyl/N-ethyl adjacent to an activating group) is 1. The number of methoxy groups -OCH3 is 3. The molecule has 0 aromatic heterocycles. The standard InChI is InChI=1S/C24H34N4O4.HI/c1-28(2)23(29)17-27-24(25-14-12-18-6-9-20(30-3)10-7-18)26-15-13-19-8-11-21(31-4)22(16-19)32-5;/h6-11,16H,12-15,17H2,1-5H3,(H2,25,26,27);1H. The predicted molar refractivity (Wildman–Crippen MR) is 142 cm³/mol. The number of halogens is 1. The maximum absolute atomic E-state index is 12.0. The third-order valence-electron chi connectivity index (χ3n) is 4.89. The molecule has 0 spiro atoms. The molecule has 2 aromatic carbocycles. The van der Waals surface area contributed by atoms with E-state index < -0.39 is 0 Å². The molecule has 8 nitrogen and oxygen atoms in total. The van der Waals surface area contributed by atoms with Gasteiger partial charge in [0.25, 0.3) is 0 Å². The summed E-state index contributed by atoms with van der Waals surface area (Å²) in [5.74, 6) is 2.79. The van der Waals surface area contributed by atoms with E-state index in [1.165, 1.54) is 10.5 Å². The van der Waals surface area contributed by atoms with E-state index in [-0.39, 0.29) is 36.4 Å². The minimum atomic E-state index is -0.0545. The Morgan fingerprint density at radius 2 is 1.42 bits per heavy atom. The average Bonchev–Trinajstić information content (AvgIpc) is 2.82. The summed E-state index contributed by atoms with van der Waals surface area (Å²) in [4.78, 5) is 17.9. The fourth-order valence-electron chi connectivity index (χ4n) is 2.94. The summed E-state index contributed by atoms with van der Waals surface area (Å²) in [6.07, 6.45) is 1.59. The molecule has 9 heteroatoms. The normalized spacial score (nSPS) is 10.6. The molecule has 1 amide bonds. The Bertz CT molecular complexity index is 889. The molecule has 0 aliphatic heterocycles. The van der Waals surface area contributed by atoms with Crippen LogP contribution in [0.25, 0.3) is 0 Å². The van der Waals surface area contributed by atoms with Gasteiger partial charge in [-0.25, -0.2) is 4.99 Å². The van der Waals surface area contributed by atoms with Crippen LogP contribution in [0.1, 0.15) is 11.1 Å². The first-order chi connectivity index (χ1) is 15.5. The van der Waals surface area contributed by atoms with Gasteiger partial charge in [-0.15, -0.1) is 24.0 Å². The monoisotopic (exact) mass is 570 g/mol. The molecule has 0 heterocycles. The van der Waals surface area contributed by atoms with Gasteiger partial charge in [-0.1, -0.05) is 18.2 Å². The topological polar surface area (TPSA) is 84.4 Å². The third kappa shape index (κ3) is 9.77. The van der Waals surface area contributed by atoms with Crippen molar-refractivity contribution in [3.8, 4) is 17.2 Å². The largest absolute Gasteiger partial charge is 0.497 e. The number of benzene rings is 2. The van der Waals surface area contributed by atoms with Crippen LogP contribution in [0.3, 0.4) is 0 Å². The molecule has 0 atom stereocenters. The molecule has 0 saturated heterocycles. The lowest BCUT2D eigenvalue weighted by Gasteiger charge is -2.14. The highest BCUT2D eigenvalue weighted by atomic mass is 127. The van der Waals surface area contributed by atoms with Crippen molar-refractivity contribution in [3.63, 3.8) is 0 Å². The number of rotatable bonds is 11. The van der Waals surface area contributed by atoms with Crippen molar-refractivity contribution >= 4 is 35.8 Å². The summed E-state index contributed by atoms with van der Waals surface area (Å²) in [6.45, 7) is 1.42. The Labute approximate surface area is 213 Å². The van der Waals surface area contributed by atoms with Gasteiger partial charge in [-0.3, -0.25) is 4.79 Å². The first-order valence-corrected chi connectivity index (χ1v) is 10.5. The Balaban J connectivity index is 0.00000544. The van der Waals surface area contributed by atoms with Crippen LogP contribution in [0.15, 0.2) is 47.5 Å². The molecule has 0 saturated carbocycles. The van der Waals surface area contributed by atoms with Gasteiger partial charge < -0.3 is 29.7 Å². The Morgan fingerprint density at radius 3 is 1.97 bits per heavy atom. The molecule has 33 heavy (non-hydrogen) atoms. The van der Waals surface area contributed by atoms with E-state index in [1.807, 2.05) is 42.5 Å². The van der Waals surface area contributed by atoms with Crippen molar-refractivity contribution in [2.24, 2.45) is 4.99 Å². The second kappa shape index (κ2) is 15.2. The number of aliphatic imine (C=N–C) groups is 1. The number of hydrogen-bond acceptors (Lipinski definition) is 5. The zero-order valence-electron chi connectivity index (χ0n) is 20.0. The van der Waals surface area contributed by atoms with Crippen molar-refractivity contribution < 1.29 is 19.0 Å². The fourth-order valence-corrected chi connectivity index (χ4v) is 2.94. The number of hydrogen-bond donors (Lipinski definition) is 2. The Kier molecular flexibility index (Phi) is 13.1. The van der Waals surface area contributed by atoms with E-state index in [1.54, 1.807) is 35.4 Å². The van der Waals surface area contributed by atoms with E-state index >= 15 is 0 Å². The van der Waals surface area contributed by atoms with E-state index in [0.29, 0.717) is 30.5 Å². The summed E-state index contributed by atoms with van der Waals surface area (Å²) >= 11 is 0. The number of amides is 1. The van der Waals surface area contributed by atoms with Crippen molar-refractivity contribution in [3.05, 3.63) is 53.6 Å². The molecule has 2 rings (SSSR count). The van der Waals surface area contributed by atoms with Crippen LogP contribution in [-0.4, -0.2) is 71.8 Å². The van der Waals surface area contributed by atoms with Gasteiger partial charge in [0.05, 0.1) is 21.3 Å². The molecule has 0 aliphatic rings. The van der Waals surface area contributed by atoms with Gasteiger partial charge in [-0.05, 0) is 48.2 Å². The van der Waals surface area contributed by atoms with E-state index in [0.717, 1.165) is 24.2 Å². The number of nitrogens with zero attached hydrogens (tertiary/aromatic N) is 2. The highest BCUT2D eigenvalue weighted by Gasteiger charge is 2.07. The molecule has 2 N–H and O–H groups in total. The lowest BCUT2D eigenvalue weighted by molar-refractivity contribution is -0.127. The van der Waals surface area contributed by atoms with Crippen LogP contribution in [0, 0.1) is 0 Å². The third-order valence-corrected chi connectivity index (χ3v) is 4.89. The number of guanidine groups is 1. The predicted octanol–water partition coefficient (Wildman–Crippen LogP) is 2.74. The van der Waals surface area contributed by atoms with Gasteiger partial charge in [0.2, 0.25) is 5.91 Å². The smallest absolute Gasteiger partial charge is 0.243 e. The maximum atomic E-state index is 12.0. The summed E-state index contributed by atoms with van der Waals surface area (Å²) in [7, 11) is 8.34. The first kappa shape index (κ1) is 28.3. The molecule has 0 radical (unpaired) electrons. The molecule has 0 bridgehead atoms. The van der Waals surface area contributed by atoms with E-state index in [2.05, 4.69) is 15.6 Å². The number of carbonyl (C=O) groups is 1. The zero-order chi connectivity index (χ0) is 23.3. The first-order valence-electron chi connectivity index (χ1n) is 10.5. The maximum Gasteiger partial charge on any atom is 0.243 e. The minimum Gasteiger partial charge on any atom is -0.497 e. The summed E-state index contributed by atoms with van der Waals surface area (Å²) in [5.41, 5.74) is 2.30. The molecular weight excluding hydrogens is 535 g/mol. The van der Waals surface area contributed by atoms with Crippen molar-refractivity contribution in [1.29, 1.82) is 0 Å². The minimum absolute atomic E-state index is 0. The van der Waals surface area contributed by atoms with E-state index in [4.69, 9.17) is 14.2 Å². The molecule has 0 fully saturated rings. The van der Waals surface area contributed by atoms with Crippen molar-refractivity contribution in [2.45, 2.75) is 12.8 Å². The van der Waals surface area contributed by atoms with Gasteiger partial charge in [0.1, 0.15) is 12.3 Å². The quantitative estimate of drug-likeness (QED) is 0.246. The van der Waals surface area contributed by atoms with Gasteiger partial charge >= 0.3 is 0 Å². The van der Waals surface area contributed by atoms with Crippen molar-refractivity contribution in [1.82, 2.24) is 15.5 Å². The summed E-state index contributed by atoms with van der Waals surface area (Å²) < 4.78 is 15.9. The van der Waals surface area contributed by atoms with Crippen LogP contribution < -0.4 is 24.8 Å². The number of carbonyl (C=O) groups excluding carboxylic acids is 1. The second-order valence-electron chi connectivity index (χ2n) is 7.34. The van der Waals surface area contributed by atoms with E-state index in [9.17, 15) is 4.79 Å². The molecule has 2 aromatic rings. The lowest BCUT2D eigenvalue weighted by Crippen LogP contribution is -2.40. The summed E-state index contributed by atoms with van der Waals surface area (Å²) in [6, 6.07) is 13.8. The number of ether oxygens (including phenoxy) is 3. The van der Waals surface area contributed by atoms with Gasteiger partial charge in [0.15, 0.2) is 17.5 Å². The second-order valence-corrected chi connectivity index (χ2v) is 7.34. The zero-order valence-corrected chi connectivity index (χ0v) is 22.3. The van der Waals surface area contributed by atoms with Crippen LogP contribution in [0.5, 0.6) is 17.2 Å². The van der Waals surface area contributed by atoms with Gasteiger partial charge in [-0.2, -0.15) is 0 Å². The van der Waals surface area contributed by atoms with Crippen LogP contribution >= 0.6 is 24.0 Å². The molecule has 0 aliphatic carbocycles. The number of nitrogens with one attached hydrogen (secondary N) is 2. The highest BCUT2D eigenvalue weighted by molar-refractivity contribution is 14.0. The van der Waals surface area contributed by atoms with Crippen LogP contribution in [-0.2, 0) is 17.6 Å². The summed E-state index contributed by atoms with van der Waals surface area (Å²) in [5, 5.41) is 6.62. The molecule has 182 valence electrons. The fraction of sp³-hybridized carbons (Fsp3) is 0.417. The van der Waals surface area contributed by atoms with Crippen molar-refractivity contribution in [2.75, 3.05) is 55.1 Å². The highest BCUT2D eigenvalue weighted by Crippen LogP contribution is 2.27. The Morgan fingerprint density at radius 1 is 0.848 bits per heavy atom. The average molecular weight is 570 g/mol. The Hall–Kier alpha value is -2.69. The SMILES string of the molecule is COc1ccc(CCNC(=NCC(=O)N(C)C)NCCc2ccc(OC)c(OC)c2)cc1.I. The molecular formula is C24H35IN4O4. The van der Waals surface area contributed by atoms with Gasteiger partial charge in [0, 0.05) is 27.2 Å². The van der Waals surface area contributed by atoms with Crippen LogP contribution in [0.2, 0.25) is 0 Å². The molecule has 0 unspecified atom stereocenters. The lowest BCUT2D eigenvalue weighted by atomic mass is 10.1. The van der Waals surface area contributed by atoms with Crippen LogP contribution in [0.4, 0.5) is 0 Å².